The topological polar surface area (TPSA) is 60.5 Å². The molecule has 5 nitrogen and oxygen atoms in total. The van der Waals surface area contributed by atoms with Crippen LogP contribution in [0.4, 0.5) is 0 Å². The Morgan fingerprint density at radius 3 is 2.21 bits per heavy atom. The summed E-state index contributed by atoms with van der Waals surface area (Å²) in [7, 11) is 3.12. The van der Waals surface area contributed by atoms with E-state index in [0.29, 0.717) is 17.1 Å². The van der Waals surface area contributed by atoms with Crippen LogP contribution in [-0.2, 0) is 0 Å². The zero-order valence-corrected chi connectivity index (χ0v) is 16.5. The molecule has 0 saturated carbocycles. The van der Waals surface area contributed by atoms with Crippen LogP contribution in [0.1, 0.15) is 38.7 Å². The Bertz CT molecular complexity index is 949. The Morgan fingerprint density at radius 1 is 0.929 bits per heavy atom. The Hall–Kier alpha value is -3.34. The summed E-state index contributed by atoms with van der Waals surface area (Å²) in [5.74, 6) is 0.909. The number of hydrogen-bond donors (Lipinski definition) is 1. The number of rotatable bonds is 6. The molecule has 0 aliphatic rings. The molecule has 3 aromatic rings. The van der Waals surface area contributed by atoms with Crippen LogP contribution in [0.5, 0.6) is 11.5 Å². The highest BCUT2D eigenvalue weighted by atomic mass is 16.5. The predicted octanol–water partition coefficient (Wildman–Crippen LogP) is 4.24. The molecule has 3 rings (SSSR count). The molecular formula is C23H24N2O3. The molecule has 1 heterocycles. The molecule has 0 fully saturated rings. The number of carbonyl (C=O) groups excluding carboxylic acids is 1. The Balaban J connectivity index is 1.98. The maximum atomic E-state index is 13.0. The maximum Gasteiger partial charge on any atom is 0.252 e. The van der Waals surface area contributed by atoms with Gasteiger partial charge in [0.2, 0.25) is 0 Å². The minimum Gasteiger partial charge on any atom is -0.497 e. The Kier molecular flexibility index (Phi) is 5.94. The minimum atomic E-state index is -0.322. The lowest BCUT2D eigenvalue weighted by molar-refractivity contribution is 0.0942. The second-order valence-corrected chi connectivity index (χ2v) is 6.64. The summed E-state index contributed by atoms with van der Waals surface area (Å²) < 4.78 is 10.6. The van der Waals surface area contributed by atoms with Crippen molar-refractivity contribution in [3.63, 3.8) is 0 Å². The van der Waals surface area contributed by atoms with Gasteiger partial charge in [-0.1, -0.05) is 24.3 Å². The Morgan fingerprint density at radius 2 is 1.64 bits per heavy atom. The van der Waals surface area contributed by atoms with Gasteiger partial charge in [-0.15, -0.1) is 0 Å². The molecular weight excluding hydrogens is 352 g/mol. The van der Waals surface area contributed by atoms with Gasteiger partial charge in [0.25, 0.3) is 5.91 Å². The molecule has 1 atom stereocenters. The van der Waals surface area contributed by atoms with Crippen molar-refractivity contribution in [1.29, 1.82) is 0 Å². The van der Waals surface area contributed by atoms with Crippen LogP contribution in [0.2, 0.25) is 0 Å². The lowest BCUT2D eigenvalue weighted by atomic mass is 9.96. The second kappa shape index (κ2) is 8.57. The molecule has 0 bridgehead atoms. The molecule has 1 aromatic heterocycles. The number of amides is 1. The second-order valence-electron chi connectivity index (χ2n) is 6.64. The lowest BCUT2D eigenvalue weighted by Crippen LogP contribution is -2.29. The van der Waals surface area contributed by atoms with E-state index in [1.807, 2.05) is 18.2 Å². The van der Waals surface area contributed by atoms with Gasteiger partial charge >= 0.3 is 0 Å². The fourth-order valence-electron chi connectivity index (χ4n) is 3.00. The van der Waals surface area contributed by atoms with Gasteiger partial charge in [0.05, 0.1) is 20.3 Å². The summed E-state index contributed by atoms with van der Waals surface area (Å²) in [6.07, 6.45) is 3.49. The van der Waals surface area contributed by atoms with Gasteiger partial charge in [-0.25, -0.2) is 0 Å². The number of nitrogens with zero attached hydrogens (tertiary/aromatic N) is 1. The summed E-state index contributed by atoms with van der Waals surface area (Å²) in [5, 5.41) is 3.13. The number of ether oxygens (including phenoxy) is 2. The molecule has 1 amide bonds. The third-order valence-corrected chi connectivity index (χ3v) is 4.77. The number of methoxy groups -OCH3 is 2. The van der Waals surface area contributed by atoms with E-state index in [9.17, 15) is 4.79 Å². The quantitative estimate of drug-likeness (QED) is 0.699. The van der Waals surface area contributed by atoms with E-state index in [0.717, 1.165) is 11.1 Å². The van der Waals surface area contributed by atoms with E-state index >= 15 is 0 Å². The van der Waals surface area contributed by atoms with E-state index in [4.69, 9.17) is 9.47 Å². The highest BCUT2D eigenvalue weighted by Gasteiger charge is 2.19. The van der Waals surface area contributed by atoms with Gasteiger partial charge in [0.1, 0.15) is 11.5 Å². The summed E-state index contributed by atoms with van der Waals surface area (Å²) in [6.45, 7) is 4.13. The van der Waals surface area contributed by atoms with Crippen LogP contribution >= 0.6 is 0 Å². The third-order valence-electron chi connectivity index (χ3n) is 4.77. The molecule has 0 radical (unpaired) electrons. The number of nitrogens with one attached hydrogen (secondary N) is 1. The van der Waals surface area contributed by atoms with Gasteiger partial charge in [-0.05, 0) is 54.3 Å². The average Bonchev–Trinajstić information content (AvgIpc) is 2.74. The fraction of sp³-hybridized carbons (Fsp3) is 0.217. The van der Waals surface area contributed by atoms with E-state index in [2.05, 4.69) is 36.3 Å². The first-order chi connectivity index (χ1) is 13.5. The molecule has 2 aromatic carbocycles. The van der Waals surface area contributed by atoms with Crippen LogP contribution in [0.25, 0.3) is 0 Å². The van der Waals surface area contributed by atoms with Gasteiger partial charge in [0.15, 0.2) is 0 Å². The van der Waals surface area contributed by atoms with Crippen molar-refractivity contribution in [3.8, 4) is 11.5 Å². The minimum absolute atomic E-state index is 0.218. The van der Waals surface area contributed by atoms with Crippen LogP contribution in [0.3, 0.4) is 0 Å². The van der Waals surface area contributed by atoms with Crippen molar-refractivity contribution >= 4 is 5.91 Å². The normalized spacial score (nSPS) is 11.6. The highest BCUT2D eigenvalue weighted by molar-refractivity contribution is 5.95. The van der Waals surface area contributed by atoms with Gasteiger partial charge in [0, 0.05) is 24.0 Å². The fourth-order valence-corrected chi connectivity index (χ4v) is 3.00. The smallest absolute Gasteiger partial charge is 0.252 e. The molecule has 5 heteroatoms. The number of pyridine rings is 1. The number of aryl methyl sites for hydroxylation is 2. The SMILES string of the molecule is COc1cc(OC)cc(C(=O)N[C@H](c2cccnc2)c2ccc(C)c(C)c2)c1. The molecule has 0 spiro atoms. The molecule has 144 valence electrons. The van der Waals surface area contributed by atoms with Crippen LogP contribution in [-0.4, -0.2) is 25.1 Å². The number of aromatic nitrogens is 1. The molecule has 0 saturated heterocycles. The Labute approximate surface area is 165 Å². The van der Waals surface area contributed by atoms with Crippen LogP contribution in [0, 0.1) is 13.8 Å². The maximum absolute atomic E-state index is 13.0. The van der Waals surface area contributed by atoms with E-state index in [1.165, 1.54) is 11.1 Å². The highest BCUT2D eigenvalue weighted by Crippen LogP contribution is 2.26. The van der Waals surface area contributed by atoms with Gasteiger partial charge in [-0.3, -0.25) is 9.78 Å². The lowest BCUT2D eigenvalue weighted by Gasteiger charge is -2.21. The third kappa shape index (κ3) is 4.31. The summed E-state index contributed by atoms with van der Waals surface area (Å²) in [6, 6.07) is 14.8. The molecule has 28 heavy (non-hydrogen) atoms. The van der Waals surface area contributed by atoms with Crippen LogP contribution in [0.15, 0.2) is 60.9 Å². The van der Waals surface area contributed by atoms with Crippen molar-refractivity contribution in [1.82, 2.24) is 10.3 Å². The summed E-state index contributed by atoms with van der Waals surface area (Å²) in [5.41, 5.74) is 4.75. The zero-order chi connectivity index (χ0) is 20.1. The predicted molar refractivity (Wildman–Crippen MR) is 109 cm³/mol. The summed E-state index contributed by atoms with van der Waals surface area (Å²) in [4.78, 5) is 17.3. The number of carbonyl (C=O) groups is 1. The van der Waals surface area contributed by atoms with Crippen molar-refractivity contribution in [2.24, 2.45) is 0 Å². The summed E-state index contributed by atoms with van der Waals surface area (Å²) >= 11 is 0. The zero-order valence-electron chi connectivity index (χ0n) is 16.5. The standard InChI is InChI=1S/C23H24N2O3/c1-15-7-8-17(10-16(15)2)22(18-6-5-9-24-14-18)25-23(26)19-11-20(27-3)13-21(12-19)28-4/h5-14,22H,1-4H3,(H,25,26)/t22-/m0/s1. The largest absolute Gasteiger partial charge is 0.497 e. The van der Waals surface area contributed by atoms with Crippen LogP contribution < -0.4 is 14.8 Å². The van der Waals surface area contributed by atoms with E-state index in [-0.39, 0.29) is 11.9 Å². The number of benzene rings is 2. The van der Waals surface area contributed by atoms with Crippen molar-refractivity contribution in [2.45, 2.75) is 19.9 Å². The van der Waals surface area contributed by atoms with E-state index in [1.54, 1.807) is 44.8 Å². The first-order valence-corrected chi connectivity index (χ1v) is 9.03. The average molecular weight is 376 g/mol. The first-order valence-electron chi connectivity index (χ1n) is 9.03. The molecule has 0 aliphatic carbocycles. The van der Waals surface area contributed by atoms with Crippen molar-refractivity contribution in [2.75, 3.05) is 14.2 Å². The van der Waals surface area contributed by atoms with E-state index < -0.39 is 0 Å². The molecule has 0 unspecified atom stereocenters. The molecule has 0 aliphatic heterocycles. The van der Waals surface area contributed by atoms with Gasteiger partial charge in [-0.2, -0.15) is 0 Å². The monoisotopic (exact) mass is 376 g/mol. The van der Waals surface area contributed by atoms with Crippen molar-refractivity contribution in [3.05, 3.63) is 88.7 Å². The molecule has 1 N–H and O–H groups in total. The van der Waals surface area contributed by atoms with Gasteiger partial charge < -0.3 is 14.8 Å². The number of hydrogen-bond acceptors (Lipinski definition) is 4. The first kappa shape index (κ1) is 19.4. The van der Waals surface area contributed by atoms with Crippen molar-refractivity contribution < 1.29 is 14.3 Å².